The average Bonchev–Trinajstić information content (AvgIpc) is 2.46. The molecule has 19 heavy (non-hydrogen) atoms. The number of rotatable bonds is 1. The summed E-state index contributed by atoms with van der Waals surface area (Å²) in [5.74, 6) is 5.34. The number of aromatic nitrogens is 1. The summed E-state index contributed by atoms with van der Waals surface area (Å²) in [4.78, 5) is 4.64. The molecule has 0 amide bonds. The Balaban J connectivity index is 2.36. The van der Waals surface area contributed by atoms with Gasteiger partial charge in [0.05, 0.1) is 16.7 Å². The standard InChI is InChI=1S/C14H12N4S/c15-18-14(19)17-13-9-5-1-3-7-11(9)16-12-8-4-2-6-10(12)13/h1-8H,15H2,(H2,16,17,18,19). The largest absolute Gasteiger partial charge is 0.331 e. The molecule has 0 spiro atoms. The number of anilines is 1. The molecule has 0 aliphatic heterocycles. The Hall–Kier alpha value is -2.24. The molecule has 0 bridgehead atoms. The molecule has 3 aromatic rings. The predicted molar refractivity (Wildman–Crippen MR) is 82.8 cm³/mol. The second-order valence-electron chi connectivity index (χ2n) is 4.12. The molecule has 0 saturated carbocycles. The highest BCUT2D eigenvalue weighted by Crippen LogP contribution is 2.30. The van der Waals surface area contributed by atoms with Gasteiger partial charge in [-0.2, -0.15) is 0 Å². The Kier molecular flexibility index (Phi) is 2.98. The van der Waals surface area contributed by atoms with Crippen LogP contribution >= 0.6 is 12.2 Å². The van der Waals surface area contributed by atoms with Gasteiger partial charge in [-0.3, -0.25) is 0 Å². The van der Waals surface area contributed by atoms with E-state index in [1.165, 1.54) is 0 Å². The molecule has 5 heteroatoms. The lowest BCUT2D eigenvalue weighted by atomic mass is 10.1. The number of nitrogens with one attached hydrogen (secondary N) is 2. The quantitative estimate of drug-likeness (QED) is 0.274. The summed E-state index contributed by atoms with van der Waals surface area (Å²) in [7, 11) is 0. The van der Waals surface area contributed by atoms with Crippen molar-refractivity contribution < 1.29 is 0 Å². The number of benzene rings is 2. The number of hydrogen-bond donors (Lipinski definition) is 3. The van der Waals surface area contributed by atoms with E-state index in [1.54, 1.807) is 0 Å². The zero-order chi connectivity index (χ0) is 13.2. The maximum absolute atomic E-state index is 5.34. The van der Waals surface area contributed by atoms with Crippen LogP contribution < -0.4 is 16.6 Å². The van der Waals surface area contributed by atoms with Crippen LogP contribution in [0.25, 0.3) is 21.8 Å². The summed E-state index contributed by atoms with van der Waals surface area (Å²) in [5.41, 5.74) is 5.20. The van der Waals surface area contributed by atoms with Crippen LogP contribution in [0.2, 0.25) is 0 Å². The minimum absolute atomic E-state index is 0.376. The fourth-order valence-electron chi connectivity index (χ4n) is 2.12. The number of fused-ring (bicyclic) bond motifs is 2. The lowest BCUT2D eigenvalue weighted by Crippen LogP contribution is -2.34. The second-order valence-corrected chi connectivity index (χ2v) is 4.53. The smallest absolute Gasteiger partial charge is 0.185 e. The Morgan fingerprint density at radius 3 is 2.00 bits per heavy atom. The zero-order valence-corrected chi connectivity index (χ0v) is 10.9. The molecular weight excluding hydrogens is 256 g/mol. The van der Waals surface area contributed by atoms with Crippen molar-refractivity contribution >= 4 is 44.8 Å². The van der Waals surface area contributed by atoms with E-state index in [2.05, 4.69) is 15.7 Å². The van der Waals surface area contributed by atoms with Gasteiger partial charge in [-0.15, -0.1) is 0 Å². The number of pyridine rings is 1. The molecule has 0 atom stereocenters. The molecule has 2 aromatic carbocycles. The number of hydrazine groups is 1. The molecule has 0 saturated heterocycles. The van der Waals surface area contributed by atoms with Crippen LogP contribution in [-0.4, -0.2) is 10.1 Å². The molecule has 3 rings (SSSR count). The van der Waals surface area contributed by atoms with Crippen molar-refractivity contribution in [2.75, 3.05) is 5.32 Å². The minimum atomic E-state index is 0.376. The third-order valence-electron chi connectivity index (χ3n) is 2.96. The average molecular weight is 268 g/mol. The summed E-state index contributed by atoms with van der Waals surface area (Å²) in [6.07, 6.45) is 0. The van der Waals surface area contributed by atoms with Gasteiger partial charge in [0, 0.05) is 10.8 Å². The van der Waals surface area contributed by atoms with E-state index in [-0.39, 0.29) is 0 Å². The van der Waals surface area contributed by atoms with E-state index in [0.717, 1.165) is 27.5 Å². The monoisotopic (exact) mass is 268 g/mol. The Labute approximate surface area is 115 Å². The molecule has 94 valence electrons. The van der Waals surface area contributed by atoms with Gasteiger partial charge >= 0.3 is 0 Å². The van der Waals surface area contributed by atoms with Gasteiger partial charge in [-0.25, -0.2) is 10.8 Å². The second kappa shape index (κ2) is 4.79. The molecule has 0 radical (unpaired) electrons. The summed E-state index contributed by atoms with van der Waals surface area (Å²) in [6, 6.07) is 15.9. The van der Waals surface area contributed by atoms with Crippen molar-refractivity contribution in [3.8, 4) is 0 Å². The van der Waals surface area contributed by atoms with E-state index in [1.807, 2.05) is 48.5 Å². The third kappa shape index (κ3) is 2.09. The molecular formula is C14H12N4S. The fourth-order valence-corrected chi connectivity index (χ4v) is 2.23. The van der Waals surface area contributed by atoms with E-state index in [9.17, 15) is 0 Å². The molecule has 0 aliphatic rings. The Bertz CT molecular complexity index is 716. The number of nitrogens with two attached hydrogens (primary N) is 1. The minimum Gasteiger partial charge on any atom is -0.331 e. The molecule has 1 heterocycles. The fraction of sp³-hybridized carbons (Fsp3) is 0. The van der Waals surface area contributed by atoms with Crippen molar-refractivity contribution in [3.05, 3.63) is 48.5 Å². The van der Waals surface area contributed by atoms with Gasteiger partial charge in [-0.1, -0.05) is 36.4 Å². The predicted octanol–water partition coefficient (Wildman–Crippen LogP) is 2.55. The van der Waals surface area contributed by atoms with Crippen molar-refractivity contribution in [3.63, 3.8) is 0 Å². The molecule has 4 nitrogen and oxygen atoms in total. The molecule has 0 unspecified atom stereocenters. The molecule has 0 fully saturated rings. The highest BCUT2D eigenvalue weighted by molar-refractivity contribution is 7.80. The van der Waals surface area contributed by atoms with E-state index in [0.29, 0.717) is 5.11 Å². The molecule has 1 aromatic heterocycles. The van der Waals surface area contributed by atoms with Crippen molar-refractivity contribution in [1.29, 1.82) is 0 Å². The van der Waals surface area contributed by atoms with Crippen LogP contribution in [-0.2, 0) is 0 Å². The summed E-state index contributed by atoms with van der Waals surface area (Å²) in [6.45, 7) is 0. The van der Waals surface area contributed by atoms with Crippen LogP contribution in [0.4, 0.5) is 5.69 Å². The lowest BCUT2D eigenvalue weighted by molar-refractivity contribution is 1.04. The summed E-state index contributed by atoms with van der Waals surface area (Å²) < 4.78 is 0. The Morgan fingerprint density at radius 2 is 1.47 bits per heavy atom. The van der Waals surface area contributed by atoms with Crippen molar-refractivity contribution in [2.45, 2.75) is 0 Å². The first kappa shape index (κ1) is 11.8. The summed E-state index contributed by atoms with van der Waals surface area (Å²) >= 11 is 5.10. The first-order valence-corrected chi connectivity index (χ1v) is 6.25. The first-order chi connectivity index (χ1) is 9.29. The van der Waals surface area contributed by atoms with Crippen molar-refractivity contribution in [2.24, 2.45) is 5.84 Å². The number of para-hydroxylation sites is 2. The van der Waals surface area contributed by atoms with Crippen molar-refractivity contribution in [1.82, 2.24) is 10.4 Å². The molecule has 0 aliphatic carbocycles. The normalized spacial score (nSPS) is 10.6. The SMILES string of the molecule is NNC(=S)Nc1c2ccccc2nc2ccccc12. The van der Waals surface area contributed by atoms with E-state index >= 15 is 0 Å². The maximum Gasteiger partial charge on any atom is 0.185 e. The van der Waals surface area contributed by atoms with Gasteiger partial charge in [0.2, 0.25) is 0 Å². The first-order valence-electron chi connectivity index (χ1n) is 5.84. The van der Waals surface area contributed by atoms with Gasteiger partial charge in [-0.05, 0) is 24.4 Å². The third-order valence-corrected chi connectivity index (χ3v) is 3.18. The van der Waals surface area contributed by atoms with Gasteiger partial charge in [0.25, 0.3) is 0 Å². The molecule has 4 N–H and O–H groups in total. The Morgan fingerprint density at radius 1 is 0.947 bits per heavy atom. The van der Waals surface area contributed by atoms with Crippen LogP contribution in [0.15, 0.2) is 48.5 Å². The van der Waals surface area contributed by atoms with Crippen LogP contribution in [0.3, 0.4) is 0 Å². The van der Waals surface area contributed by atoms with Gasteiger partial charge < -0.3 is 10.7 Å². The highest BCUT2D eigenvalue weighted by atomic mass is 32.1. The summed E-state index contributed by atoms with van der Waals surface area (Å²) in [5, 5.41) is 5.53. The van der Waals surface area contributed by atoms with Gasteiger partial charge in [0.15, 0.2) is 5.11 Å². The van der Waals surface area contributed by atoms with Crippen LogP contribution in [0, 0.1) is 0 Å². The van der Waals surface area contributed by atoms with Crippen LogP contribution in [0.5, 0.6) is 0 Å². The number of nitrogens with zero attached hydrogens (tertiary/aromatic N) is 1. The lowest BCUT2D eigenvalue weighted by Gasteiger charge is -2.13. The maximum atomic E-state index is 5.34. The van der Waals surface area contributed by atoms with Gasteiger partial charge in [0.1, 0.15) is 0 Å². The van der Waals surface area contributed by atoms with Crippen LogP contribution in [0.1, 0.15) is 0 Å². The number of hydrogen-bond acceptors (Lipinski definition) is 3. The number of thiocarbonyl (C=S) groups is 1. The topological polar surface area (TPSA) is 63.0 Å². The van der Waals surface area contributed by atoms with E-state index < -0.39 is 0 Å². The highest BCUT2D eigenvalue weighted by Gasteiger charge is 2.09. The van der Waals surface area contributed by atoms with E-state index in [4.69, 9.17) is 18.1 Å². The zero-order valence-electron chi connectivity index (χ0n) is 10.1.